The number of aliphatic carboxylic acids is 1. The summed E-state index contributed by atoms with van der Waals surface area (Å²) in [6.07, 6.45) is 17.9. The number of para-hydroxylation sites is 1. The Bertz CT molecular complexity index is 1430. The summed E-state index contributed by atoms with van der Waals surface area (Å²) in [5.41, 5.74) is 2.66. The summed E-state index contributed by atoms with van der Waals surface area (Å²) in [6.45, 7) is 1.76. The Morgan fingerprint density at radius 1 is 0.857 bits per heavy atom. The van der Waals surface area contributed by atoms with E-state index in [2.05, 4.69) is 22.9 Å². The number of rotatable bonds is 20. The maximum absolute atomic E-state index is 12.9. The maximum Gasteiger partial charge on any atom is 0.341 e. The third-order valence-electron chi connectivity index (χ3n) is 7.58. The summed E-state index contributed by atoms with van der Waals surface area (Å²) in [6, 6.07) is 15.6. The number of nitrogens with zero attached hydrogens (tertiary/aromatic N) is 2. The van der Waals surface area contributed by atoms with E-state index in [-0.39, 0.29) is 10.6 Å². The minimum absolute atomic E-state index is 0.00423. The summed E-state index contributed by atoms with van der Waals surface area (Å²) in [5.74, 6) is -0.837. The first-order valence-corrected chi connectivity index (χ1v) is 16.9. The van der Waals surface area contributed by atoms with Crippen LogP contribution >= 0.6 is 0 Å². The molecule has 0 aliphatic heterocycles. The molecule has 0 atom stereocenters. The molecule has 1 aromatic heterocycles. The number of benzene rings is 2. The van der Waals surface area contributed by atoms with E-state index in [1.165, 1.54) is 101 Å². The lowest BCUT2D eigenvalue weighted by molar-refractivity contribution is -0.139. The maximum atomic E-state index is 12.9. The highest BCUT2D eigenvalue weighted by molar-refractivity contribution is 7.89. The molecule has 0 saturated carbocycles. The molecular weight excluding hydrogens is 550 g/mol. The Balaban J connectivity index is 1.55. The zero-order valence-corrected chi connectivity index (χ0v) is 26.0. The summed E-state index contributed by atoms with van der Waals surface area (Å²) < 4.78 is 32.8. The molecule has 0 fully saturated rings. The summed E-state index contributed by atoms with van der Waals surface area (Å²) in [5, 5.41) is 14.2. The number of ether oxygens (including phenoxy) is 1. The standard InChI is InChI=1S/C33H47N3O5S/c1-3-4-5-6-7-8-9-10-11-12-13-14-15-18-27-25-32(36(2)31-20-17-16-19-30(27)31)34-35-42(39,40)29-23-21-28(22-24-29)41-26-33(37)38/h16-17,19-25,35H,3-15,18,26H2,1-2H3,(H,37,38)/b34-32+. The van der Waals surface area contributed by atoms with Gasteiger partial charge in [-0.2, -0.15) is 13.2 Å². The van der Waals surface area contributed by atoms with Gasteiger partial charge in [0.1, 0.15) is 5.75 Å². The van der Waals surface area contributed by atoms with Gasteiger partial charge >= 0.3 is 5.97 Å². The lowest BCUT2D eigenvalue weighted by Gasteiger charge is -2.12. The fraction of sp³-hybridized carbons (Fsp3) is 0.515. The van der Waals surface area contributed by atoms with Gasteiger partial charge < -0.3 is 14.4 Å². The molecule has 230 valence electrons. The van der Waals surface area contributed by atoms with E-state index < -0.39 is 22.6 Å². The van der Waals surface area contributed by atoms with Gasteiger partial charge in [-0.15, -0.1) is 5.10 Å². The molecule has 0 aliphatic rings. The number of nitrogens with one attached hydrogen (secondary N) is 1. The SMILES string of the molecule is CCCCCCCCCCCCCCCc1c/c(=N\NS(=O)(=O)c2ccc(OCC(=O)O)cc2)n(C)c2ccccc12. The van der Waals surface area contributed by atoms with Crippen LogP contribution < -0.4 is 15.1 Å². The quantitative estimate of drug-likeness (QED) is 0.107. The van der Waals surface area contributed by atoms with Crippen LogP contribution in [0.25, 0.3) is 10.9 Å². The minimum atomic E-state index is -3.93. The number of carbonyl (C=O) groups is 1. The first-order chi connectivity index (χ1) is 20.3. The third kappa shape index (κ3) is 10.8. The van der Waals surface area contributed by atoms with Crippen molar-refractivity contribution >= 4 is 26.9 Å². The smallest absolute Gasteiger partial charge is 0.341 e. The number of hydrogen-bond donors (Lipinski definition) is 2. The van der Waals surface area contributed by atoms with Crippen LogP contribution in [0.1, 0.15) is 96.0 Å². The van der Waals surface area contributed by atoms with E-state index in [4.69, 9.17) is 9.84 Å². The minimum Gasteiger partial charge on any atom is -0.482 e. The summed E-state index contributed by atoms with van der Waals surface area (Å²) in [4.78, 5) is 13.0. The van der Waals surface area contributed by atoms with Gasteiger partial charge in [0.05, 0.1) is 4.90 Å². The third-order valence-corrected chi connectivity index (χ3v) is 8.81. The fourth-order valence-electron chi connectivity index (χ4n) is 5.16. The van der Waals surface area contributed by atoms with Crippen molar-refractivity contribution in [1.29, 1.82) is 0 Å². The van der Waals surface area contributed by atoms with Crippen LogP contribution in [-0.4, -0.2) is 30.7 Å². The van der Waals surface area contributed by atoms with Crippen molar-refractivity contribution in [2.24, 2.45) is 12.1 Å². The fourth-order valence-corrected chi connectivity index (χ4v) is 5.97. The number of hydrogen-bond acceptors (Lipinski definition) is 5. The van der Waals surface area contributed by atoms with E-state index in [1.54, 1.807) is 0 Å². The summed E-state index contributed by atoms with van der Waals surface area (Å²) >= 11 is 0. The molecule has 2 N–H and O–H groups in total. The zero-order valence-electron chi connectivity index (χ0n) is 25.2. The topological polar surface area (TPSA) is 110 Å². The van der Waals surface area contributed by atoms with Gasteiger partial charge in [-0.3, -0.25) is 0 Å². The predicted octanol–water partition coefficient (Wildman–Crippen LogP) is 7.07. The molecule has 0 amide bonds. The predicted molar refractivity (Wildman–Crippen MR) is 168 cm³/mol. The van der Waals surface area contributed by atoms with E-state index in [1.807, 2.05) is 35.9 Å². The van der Waals surface area contributed by atoms with Gasteiger partial charge in [0.15, 0.2) is 12.1 Å². The monoisotopic (exact) mass is 597 g/mol. The second kappa shape index (κ2) is 17.6. The van der Waals surface area contributed by atoms with Crippen molar-refractivity contribution in [2.45, 2.75) is 102 Å². The molecule has 0 spiro atoms. The largest absolute Gasteiger partial charge is 0.482 e. The van der Waals surface area contributed by atoms with Crippen molar-refractivity contribution in [3.63, 3.8) is 0 Å². The summed E-state index contributed by atoms with van der Waals surface area (Å²) in [7, 11) is -2.06. The number of fused-ring (bicyclic) bond motifs is 1. The van der Waals surface area contributed by atoms with Gasteiger partial charge in [0, 0.05) is 18.0 Å². The molecule has 2 aromatic carbocycles. The second-order valence-corrected chi connectivity index (χ2v) is 12.6. The van der Waals surface area contributed by atoms with Gasteiger partial charge in [-0.25, -0.2) is 4.79 Å². The molecule has 0 bridgehead atoms. The van der Waals surface area contributed by atoms with Crippen molar-refractivity contribution in [3.05, 3.63) is 65.6 Å². The van der Waals surface area contributed by atoms with Crippen molar-refractivity contribution in [3.8, 4) is 5.75 Å². The number of aromatic nitrogens is 1. The normalized spacial score (nSPS) is 12.1. The van der Waals surface area contributed by atoms with Gasteiger partial charge in [-0.05, 0) is 54.8 Å². The number of aryl methyl sites for hydroxylation is 2. The van der Waals surface area contributed by atoms with Gasteiger partial charge in [0.25, 0.3) is 10.0 Å². The number of carboxylic acid groups (broad SMARTS) is 1. The Kier molecular flexibility index (Phi) is 13.9. The van der Waals surface area contributed by atoms with Crippen LogP contribution in [-0.2, 0) is 28.3 Å². The van der Waals surface area contributed by atoms with Crippen LogP contribution in [0.3, 0.4) is 0 Å². The van der Waals surface area contributed by atoms with E-state index in [0.717, 1.165) is 29.3 Å². The molecule has 3 aromatic rings. The molecule has 0 saturated heterocycles. The van der Waals surface area contributed by atoms with Crippen molar-refractivity contribution in [1.82, 2.24) is 9.40 Å². The average molecular weight is 598 g/mol. The van der Waals surface area contributed by atoms with Crippen LogP contribution in [0, 0.1) is 0 Å². The highest BCUT2D eigenvalue weighted by Gasteiger charge is 2.14. The average Bonchev–Trinajstić information content (AvgIpc) is 2.99. The lowest BCUT2D eigenvalue weighted by atomic mass is 10.0. The number of unbranched alkanes of at least 4 members (excludes halogenated alkanes) is 12. The molecule has 0 radical (unpaired) electrons. The van der Waals surface area contributed by atoms with Crippen LogP contribution in [0.15, 0.2) is 64.6 Å². The number of pyridine rings is 1. The van der Waals surface area contributed by atoms with E-state index >= 15 is 0 Å². The second-order valence-electron chi connectivity index (χ2n) is 11.0. The Morgan fingerprint density at radius 3 is 2.02 bits per heavy atom. The zero-order chi connectivity index (χ0) is 30.2. The van der Waals surface area contributed by atoms with E-state index in [0.29, 0.717) is 5.49 Å². The van der Waals surface area contributed by atoms with E-state index in [9.17, 15) is 13.2 Å². The van der Waals surface area contributed by atoms with Crippen LogP contribution in [0.5, 0.6) is 5.75 Å². The molecule has 0 unspecified atom stereocenters. The molecule has 0 aliphatic carbocycles. The number of carboxylic acids is 1. The first-order valence-electron chi connectivity index (χ1n) is 15.4. The highest BCUT2D eigenvalue weighted by Crippen LogP contribution is 2.20. The molecule has 1 heterocycles. The molecule has 3 rings (SSSR count). The van der Waals surface area contributed by atoms with Crippen LogP contribution in [0.4, 0.5) is 0 Å². The van der Waals surface area contributed by atoms with Gasteiger partial charge in [0.2, 0.25) is 0 Å². The molecule has 42 heavy (non-hydrogen) atoms. The van der Waals surface area contributed by atoms with Crippen LogP contribution in [0.2, 0.25) is 0 Å². The van der Waals surface area contributed by atoms with Gasteiger partial charge in [-0.1, -0.05) is 102 Å². The first kappa shape index (κ1) is 33.2. The Morgan fingerprint density at radius 2 is 1.43 bits per heavy atom. The molecule has 9 heteroatoms. The lowest BCUT2D eigenvalue weighted by Crippen LogP contribution is -2.27. The van der Waals surface area contributed by atoms with Crippen molar-refractivity contribution in [2.75, 3.05) is 6.61 Å². The van der Waals surface area contributed by atoms with Crippen molar-refractivity contribution < 1.29 is 23.1 Å². The number of sulfonamides is 1. The molecule has 8 nitrogen and oxygen atoms in total. The Labute approximate surface area is 250 Å². The molecular formula is C33H47N3O5S. The highest BCUT2D eigenvalue weighted by atomic mass is 32.2. The Hall–Kier alpha value is -3.33.